The van der Waals surface area contributed by atoms with Crippen molar-refractivity contribution in [3.05, 3.63) is 168 Å². The zero-order valence-electron chi connectivity index (χ0n) is 31.6. The van der Waals surface area contributed by atoms with Gasteiger partial charge in [0.2, 0.25) is 0 Å². The monoisotopic (exact) mass is 873 g/mol. The van der Waals surface area contributed by atoms with E-state index in [9.17, 15) is 0 Å². The van der Waals surface area contributed by atoms with E-state index in [2.05, 4.69) is 203 Å². The molecule has 1 aliphatic rings. The molecule has 1 aliphatic heterocycles. The molecule has 0 amide bonds. The van der Waals surface area contributed by atoms with E-state index in [-0.39, 0.29) is 26.5 Å². The van der Waals surface area contributed by atoms with Gasteiger partial charge >= 0.3 is 0 Å². The minimum Gasteiger partial charge on any atom is -0.500 e. The second-order valence-electron chi connectivity index (χ2n) is 14.9. The van der Waals surface area contributed by atoms with Crippen LogP contribution in [0.1, 0.15) is 54.2 Å². The Morgan fingerprint density at radius 2 is 1.30 bits per heavy atom. The van der Waals surface area contributed by atoms with E-state index in [4.69, 9.17) is 4.98 Å². The number of aromatic nitrogens is 2. The van der Waals surface area contributed by atoms with Crippen molar-refractivity contribution in [3.63, 3.8) is 0 Å². The third-order valence-electron chi connectivity index (χ3n) is 10.8. The maximum atomic E-state index is 4.90. The van der Waals surface area contributed by atoms with Crippen LogP contribution in [0, 0.1) is 53.4 Å². The summed E-state index contributed by atoms with van der Waals surface area (Å²) >= 11 is 0. The third kappa shape index (κ3) is 6.36. The molecule has 0 N–H and O–H groups in total. The Bertz CT molecular complexity index is 2480. The largest absolute Gasteiger partial charge is 0.500 e. The topological polar surface area (TPSA) is 27.5 Å². The zero-order valence-corrected chi connectivity index (χ0v) is 33.9. The molecule has 0 fully saturated rings. The number of nitrogens with zero attached hydrogens (tertiary/aromatic N) is 5. The number of hydrogen-bond donors (Lipinski definition) is 0. The Morgan fingerprint density at radius 3 is 2.04 bits per heavy atom. The smallest absolute Gasteiger partial charge is 0.135 e. The summed E-state index contributed by atoms with van der Waals surface area (Å²) in [6.07, 6.45) is 6.18. The van der Waals surface area contributed by atoms with Gasteiger partial charge in [-0.3, -0.25) is 0 Å². The number of rotatable bonds is 6. The molecule has 0 unspecified atom stereocenters. The van der Waals surface area contributed by atoms with Gasteiger partial charge < -0.3 is 19.3 Å². The predicted octanol–water partition coefficient (Wildman–Crippen LogP) is 12.0. The summed E-state index contributed by atoms with van der Waals surface area (Å²) in [5.74, 6) is 0.886. The van der Waals surface area contributed by atoms with Gasteiger partial charge in [0.25, 0.3) is 0 Å². The molecule has 5 aromatic carbocycles. The summed E-state index contributed by atoms with van der Waals surface area (Å²) in [7, 11) is 0. The van der Waals surface area contributed by atoms with Crippen molar-refractivity contribution in [1.29, 1.82) is 0 Å². The van der Waals surface area contributed by atoms with Crippen molar-refractivity contribution < 1.29 is 21.1 Å². The van der Waals surface area contributed by atoms with Crippen molar-refractivity contribution in [3.8, 4) is 5.82 Å². The van der Waals surface area contributed by atoms with Crippen molar-refractivity contribution >= 4 is 50.2 Å². The Morgan fingerprint density at radius 1 is 0.642 bits per heavy atom. The van der Waals surface area contributed by atoms with Crippen LogP contribution in [-0.2, 0) is 26.5 Å². The third-order valence-corrected chi connectivity index (χ3v) is 10.8. The molecular formula is C47H44N5Pt-3. The Hall–Kier alpha value is -5.12. The minimum atomic E-state index is -0.00897. The van der Waals surface area contributed by atoms with Crippen LogP contribution in [0.2, 0.25) is 0 Å². The number of benzene rings is 5. The minimum absolute atomic E-state index is 0. The van der Waals surface area contributed by atoms with Gasteiger partial charge in [0.1, 0.15) is 5.82 Å². The van der Waals surface area contributed by atoms with Gasteiger partial charge in [0.15, 0.2) is 0 Å². The SMILES string of the molecule is Cc1c(C)c(C)c(N2C=CN(c3[c-]c(N(c4[c-]c5c(cc4)c4ccccc4n5-c4cc(C(C)(C)C)ccn4)c4ccccc4)ccc3)[CH-]2)c(C)c1C.[Pt]. The van der Waals surface area contributed by atoms with Crippen LogP contribution in [-0.4, -0.2) is 9.55 Å². The molecular weight excluding hydrogens is 830 g/mol. The van der Waals surface area contributed by atoms with Crippen molar-refractivity contribution in [2.75, 3.05) is 14.7 Å². The van der Waals surface area contributed by atoms with Crippen LogP contribution in [0.25, 0.3) is 27.6 Å². The summed E-state index contributed by atoms with van der Waals surface area (Å²) in [6.45, 7) is 20.0. The molecule has 0 spiro atoms. The molecule has 3 heterocycles. The normalized spacial score (nSPS) is 12.9. The van der Waals surface area contributed by atoms with Gasteiger partial charge in [-0.15, -0.1) is 48.1 Å². The molecule has 5 nitrogen and oxygen atoms in total. The molecule has 8 rings (SSSR count). The summed E-state index contributed by atoms with van der Waals surface area (Å²) in [5.41, 5.74) is 15.0. The molecule has 0 bridgehead atoms. The van der Waals surface area contributed by atoms with Crippen LogP contribution < -0.4 is 14.7 Å². The van der Waals surface area contributed by atoms with E-state index < -0.39 is 0 Å². The molecule has 6 heteroatoms. The second-order valence-corrected chi connectivity index (χ2v) is 14.9. The Labute approximate surface area is 328 Å². The Balaban J connectivity index is 0.00000435. The molecule has 0 radical (unpaired) electrons. The van der Waals surface area contributed by atoms with E-state index in [1.54, 1.807) is 0 Å². The van der Waals surface area contributed by atoms with Gasteiger partial charge in [-0.2, -0.15) is 12.1 Å². The van der Waals surface area contributed by atoms with Crippen LogP contribution >= 0.6 is 0 Å². The summed E-state index contributed by atoms with van der Waals surface area (Å²) in [4.78, 5) is 11.5. The zero-order chi connectivity index (χ0) is 36.3. The van der Waals surface area contributed by atoms with E-state index >= 15 is 0 Å². The van der Waals surface area contributed by atoms with Crippen LogP contribution in [0.5, 0.6) is 0 Å². The van der Waals surface area contributed by atoms with E-state index in [0.717, 1.165) is 45.0 Å². The number of pyridine rings is 1. The number of fused-ring (bicyclic) bond motifs is 3. The van der Waals surface area contributed by atoms with E-state index in [1.807, 2.05) is 6.20 Å². The fourth-order valence-electron chi connectivity index (χ4n) is 7.47. The standard InChI is InChI=1S/C47H44N5.Pt/c1-31-32(2)34(4)46(35(5)33(31)3)50-26-25-49(30-50)38-17-14-18-39(28-38)51(37-15-10-9-11-16-37)40-21-22-42-41-19-12-13-20-43(41)52(44(42)29-40)45-27-36(23-24-48-45)47(6,7)8;/h9-27,30H,1-8H3;/q-3;. The van der Waals surface area contributed by atoms with Crippen molar-refractivity contribution in [2.24, 2.45) is 0 Å². The number of hydrogen-bond acceptors (Lipinski definition) is 4. The van der Waals surface area contributed by atoms with Gasteiger partial charge in [-0.05, 0) is 122 Å². The predicted molar refractivity (Wildman–Crippen MR) is 218 cm³/mol. The maximum Gasteiger partial charge on any atom is 0.135 e. The summed E-state index contributed by atoms with van der Waals surface area (Å²) in [6, 6.07) is 41.7. The molecule has 0 aliphatic carbocycles. The average molecular weight is 874 g/mol. The first-order chi connectivity index (χ1) is 25.0. The average Bonchev–Trinajstić information content (AvgIpc) is 3.77. The van der Waals surface area contributed by atoms with Crippen LogP contribution in [0.4, 0.5) is 28.4 Å². The second kappa shape index (κ2) is 14.0. The van der Waals surface area contributed by atoms with E-state index in [1.165, 1.54) is 44.5 Å². The van der Waals surface area contributed by atoms with Gasteiger partial charge in [-0.25, -0.2) is 4.98 Å². The fourth-order valence-corrected chi connectivity index (χ4v) is 7.47. The van der Waals surface area contributed by atoms with Crippen molar-refractivity contribution in [2.45, 2.75) is 60.8 Å². The molecule has 270 valence electrons. The fraction of sp³-hybridized carbons (Fsp3) is 0.191. The maximum absolute atomic E-state index is 4.90. The Kier molecular flexibility index (Phi) is 9.59. The van der Waals surface area contributed by atoms with Gasteiger partial charge in [0.05, 0.1) is 0 Å². The molecule has 53 heavy (non-hydrogen) atoms. The number of anilines is 5. The van der Waals surface area contributed by atoms with E-state index in [0.29, 0.717) is 0 Å². The summed E-state index contributed by atoms with van der Waals surface area (Å²) < 4.78 is 2.25. The first-order valence-corrected chi connectivity index (χ1v) is 18.0. The molecule has 0 saturated heterocycles. The van der Waals surface area contributed by atoms with Gasteiger partial charge in [-0.1, -0.05) is 74.1 Å². The van der Waals surface area contributed by atoms with Crippen LogP contribution in [0.15, 0.2) is 116 Å². The van der Waals surface area contributed by atoms with Crippen molar-refractivity contribution in [1.82, 2.24) is 9.55 Å². The molecule has 7 aromatic rings. The van der Waals surface area contributed by atoms with Gasteiger partial charge in [0, 0.05) is 44.2 Å². The summed E-state index contributed by atoms with van der Waals surface area (Å²) in [5, 5.41) is 2.31. The quantitative estimate of drug-likeness (QED) is 0.156. The molecule has 0 saturated carbocycles. The molecule has 0 atom stereocenters. The molecule has 2 aromatic heterocycles. The number of para-hydroxylation sites is 2. The van der Waals surface area contributed by atoms with Crippen LogP contribution in [0.3, 0.4) is 0 Å². The first kappa shape index (κ1) is 36.2. The first-order valence-electron chi connectivity index (χ1n) is 18.0.